The number of pyridine rings is 2. The van der Waals surface area contributed by atoms with Crippen LogP contribution in [0, 0.1) is 6.92 Å². The van der Waals surface area contributed by atoms with Gasteiger partial charge in [-0.3, -0.25) is 4.79 Å². The molecule has 0 spiro atoms. The smallest absolute Gasteiger partial charge is 0.311 e. The molecule has 8 heteroatoms. The third-order valence-corrected chi connectivity index (χ3v) is 11.0. The quantitative estimate of drug-likeness (QED) is 0.577. The molecule has 2 aromatic rings. The van der Waals surface area contributed by atoms with E-state index in [0.29, 0.717) is 11.5 Å². The SMILES string of the molecule is COC(=O)Cc1cccc(N)n1.Cc1cccc(N([Si](C)(C)C)[Si](C)(C)C)n1. The molecule has 6 nitrogen and oxygen atoms in total. The second-order valence-electron chi connectivity index (χ2n) is 8.62. The van der Waals surface area contributed by atoms with Crippen LogP contribution >= 0.6 is 0 Å². The molecule has 2 aromatic heterocycles. The fourth-order valence-electron chi connectivity index (χ4n) is 3.16. The van der Waals surface area contributed by atoms with Crippen LogP contribution in [0.25, 0.3) is 0 Å². The van der Waals surface area contributed by atoms with Gasteiger partial charge in [0.15, 0.2) is 0 Å². The lowest BCUT2D eigenvalue weighted by atomic mass is 10.3. The Labute approximate surface area is 171 Å². The number of hydrogen-bond donors (Lipinski definition) is 1. The van der Waals surface area contributed by atoms with E-state index in [1.165, 1.54) is 12.9 Å². The molecule has 2 heterocycles. The van der Waals surface area contributed by atoms with Gasteiger partial charge >= 0.3 is 5.97 Å². The third kappa shape index (κ3) is 7.81. The Kier molecular flexibility index (Phi) is 8.37. The molecule has 0 aliphatic heterocycles. The number of carbonyl (C=O) groups excluding carboxylic acids is 1. The molecule has 2 rings (SSSR count). The number of anilines is 2. The molecule has 0 aliphatic carbocycles. The van der Waals surface area contributed by atoms with E-state index in [4.69, 9.17) is 10.7 Å². The van der Waals surface area contributed by atoms with Crippen LogP contribution in [0.1, 0.15) is 11.4 Å². The minimum atomic E-state index is -1.35. The van der Waals surface area contributed by atoms with Crippen molar-refractivity contribution in [2.45, 2.75) is 52.6 Å². The zero-order valence-corrected chi connectivity index (χ0v) is 20.4. The van der Waals surface area contributed by atoms with E-state index in [-0.39, 0.29) is 12.4 Å². The van der Waals surface area contributed by atoms with Crippen LogP contribution in [0.3, 0.4) is 0 Å². The zero-order valence-electron chi connectivity index (χ0n) is 18.4. The minimum Gasteiger partial charge on any atom is -0.469 e. The summed E-state index contributed by atoms with van der Waals surface area (Å²) in [6, 6.07) is 11.5. The summed E-state index contributed by atoms with van der Waals surface area (Å²) < 4.78 is 7.12. The molecule has 0 amide bonds. The molecule has 0 aliphatic rings. The summed E-state index contributed by atoms with van der Waals surface area (Å²) in [4.78, 5) is 19.4. The summed E-state index contributed by atoms with van der Waals surface area (Å²) in [5.41, 5.74) is 7.15. The lowest BCUT2D eigenvalue weighted by molar-refractivity contribution is -0.139. The number of aromatic nitrogens is 2. The first kappa shape index (κ1) is 23.8. The maximum absolute atomic E-state index is 10.8. The van der Waals surface area contributed by atoms with Crippen LogP contribution in [-0.4, -0.2) is 39.5 Å². The topological polar surface area (TPSA) is 81.3 Å². The molecule has 0 unspecified atom stereocenters. The van der Waals surface area contributed by atoms with Gasteiger partial charge in [-0.05, 0) is 31.2 Å². The molecular formula is C20H34N4O2Si2. The van der Waals surface area contributed by atoms with E-state index in [2.05, 4.69) is 78.4 Å². The number of nitrogen functional groups attached to an aromatic ring is 1. The van der Waals surface area contributed by atoms with E-state index in [1.807, 2.05) is 0 Å². The van der Waals surface area contributed by atoms with Gasteiger partial charge in [-0.25, -0.2) is 9.97 Å². The van der Waals surface area contributed by atoms with Crippen molar-refractivity contribution in [3.05, 3.63) is 47.8 Å². The van der Waals surface area contributed by atoms with Gasteiger partial charge in [-0.2, -0.15) is 0 Å². The highest BCUT2D eigenvalue weighted by Gasteiger charge is 2.35. The van der Waals surface area contributed by atoms with Crippen LogP contribution < -0.4 is 9.96 Å². The van der Waals surface area contributed by atoms with Crippen molar-refractivity contribution in [2.24, 2.45) is 0 Å². The minimum absolute atomic E-state index is 0.168. The Morgan fingerprint density at radius 1 is 1.00 bits per heavy atom. The predicted molar refractivity (Wildman–Crippen MR) is 123 cm³/mol. The first-order valence-electron chi connectivity index (χ1n) is 9.37. The van der Waals surface area contributed by atoms with Gasteiger partial charge in [-0.1, -0.05) is 51.4 Å². The highest BCUT2D eigenvalue weighted by Crippen LogP contribution is 2.26. The monoisotopic (exact) mass is 418 g/mol. The molecule has 0 fully saturated rings. The van der Waals surface area contributed by atoms with E-state index in [0.717, 1.165) is 5.69 Å². The summed E-state index contributed by atoms with van der Waals surface area (Å²) in [5, 5.41) is 0. The Hall–Kier alpha value is -2.20. The van der Waals surface area contributed by atoms with Gasteiger partial charge in [0.25, 0.3) is 0 Å². The van der Waals surface area contributed by atoms with Gasteiger partial charge in [0.05, 0.1) is 19.2 Å². The van der Waals surface area contributed by atoms with E-state index in [1.54, 1.807) is 18.2 Å². The van der Waals surface area contributed by atoms with Gasteiger partial charge in [-0.15, -0.1) is 0 Å². The standard InChI is InChI=1S/C12H24N2Si2.C8H10N2O2/c1-11-9-8-10-12(13-11)14(15(2,3)4)16(5,6)7;1-12-8(11)5-6-3-2-4-7(9)10-6/h8-10H,1-7H3;2-4H,5H2,1H3,(H2,9,10). The number of esters is 1. The number of carbonyl (C=O) groups is 1. The van der Waals surface area contributed by atoms with E-state index >= 15 is 0 Å². The van der Waals surface area contributed by atoms with Gasteiger partial charge < -0.3 is 14.7 Å². The molecule has 154 valence electrons. The Morgan fingerprint density at radius 3 is 2.04 bits per heavy atom. The second-order valence-corrected chi connectivity index (χ2v) is 18.6. The maximum Gasteiger partial charge on any atom is 0.311 e. The van der Waals surface area contributed by atoms with Crippen LogP contribution in [0.15, 0.2) is 36.4 Å². The summed E-state index contributed by atoms with van der Waals surface area (Å²) in [6.07, 6.45) is 0.168. The first-order valence-corrected chi connectivity index (χ1v) is 16.3. The molecule has 0 atom stereocenters. The van der Waals surface area contributed by atoms with Crippen molar-refractivity contribution in [3.8, 4) is 0 Å². The second kappa shape index (κ2) is 9.83. The Morgan fingerprint density at radius 2 is 1.57 bits per heavy atom. The summed E-state index contributed by atoms with van der Waals surface area (Å²) in [5.74, 6) is 1.28. The molecule has 0 saturated carbocycles. The lowest BCUT2D eigenvalue weighted by Crippen LogP contribution is -2.59. The number of nitrogens with zero attached hydrogens (tertiary/aromatic N) is 3. The maximum atomic E-state index is 10.8. The van der Waals surface area contributed by atoms with Crippen molar-refractivity contribution in [1.29, 1.82) is 0 Å². The Bertz CT molecular complexity index is 772. The number of nitrogens with two attached hydrogens (primary N) is 1. The molecule has 28 heavy (non-hydrogen) atoms. The van der Waals surface area contributed by atoms with Gasteiger partial charge in [0, 0.05) is 5.69 Å². The van der Waals surface area contributed by atoms with Crippen molar-refractivity contribution in [2.75, 3.05) is 17.1 Å². The average molecular weight is 419 g/mol. The summed E-state index contributed by atoms with van der Waals surface area (Å²) >= 11 is 0. The number of ether oxygens (including phenoxy) is 1. The normalized spacial score (nSPS) is 11.3. The van der Waals surface area contributed by atoms with Crippen LogP contribution in [0.2, 0.25) is 39.3 Å². The highest BCUT2D eigenvalue weighted by atomic mass is 28.4. The van der Waals surface area contributed by atoms with Gasteiger partial charge in [0.2, 0.25) is 0 Å². The van der Waals surface area contributed by atoms with Crippen molar-refractivity contribution < 1.29 is 9.53 Å². The fraction of sp³-hybridized carbons (Fsp3) is 0.450. The number of aryl methyl sites for hydroxylation is 1. The molecule has 0 bridgehead atoms. The fourth-order valence-corrected chi connectivity index (χ4v) is 12.8. The zero-order chi connectivity index (χ0) is 21.5. The molecule has 0 radical (unpaired) electrons. The van der Waals surface area contributed by atoms with Crippen molar-refractivity contribution in [3.63, 3.8) is 0 Å². The van der Waals surface area contributed by atoms with Crippen LogP contribution in [-0.2, 0) is 16.0 Å². The molecule has 0 aromatic carbocycles. The van der Waals surface area contributed by atoms with Crippen LogP contribution in [0.5, 0.6) is 0 Å². The average Bonchev–Trinajstić information content (AvgIpc) is 2.52. The summed E-state index contributed by atoms with van der Waals surface area (Å²) in [6.45, 7) is 16.5. The highest BCUT2D eigenvalue weighted by molar-refractivity contribution is 6.99. The lowest BCUT2D eigenvalue weighted by Gasteiger charge is -2.44. The number of methoxy groups -OCH3 is 1. The third-order valence-electron chi connectivity index (χ3n) is 3.83. The number of hydrogen-bond acceptors (Lipinski definition) is 6. The summed E-state index contributed by atoms with van der Waals surface area (Å²) in [7, 11) is -1.36. The molecular weight excluding hydrogens is 384 g/mol. The molecule has 0 saturated heterocycles. The molecule has 2 N–H and O–H groups in total. The van der Waals surface area contributed by atoms with Crippen molar-refractivity contribution >= 4 is 34.1 Å². The largest absolute Gasteiger partial charge is 0.469 e. The van der Waals surface area contributed by atoms with Crippen molar-refractivity contribution in [1.82, 2.24) is 9.97 Å². The predicted octanol–water partition coefficient (Wildman–Crippen LogP) is 4.25. The Balaban J connectivity index is 0.000000292. The number of rotatable bonds is 5. The van der Waals surface area contributed by atoms with Gasteiger partial charge in [0.1, 0.15) is 28.1 Å². The van der Waals surface area contributed by atoms with Crippen LogP contribution in [0.4, 0.5) is 11.6 Å². The first-order chi connectivity index (χ1) is 12.8. The van der Waals surface area contributed by atoms with E-state index in [9.17, 15) is 4.79 Å². The van der Waals surface area contributed by atoms with E-state index < -0.39 is 16.5 Å².